The Labute approximate surface area is 109 Å². The van der Waals surface area contributed by atoms with Crippen LogP contribution in [0, 0.1) is 0 Å². The highest BCUT2D eigenvalue weighted by atomic mass is 79.9. The summed E-state index contributed by atoms with van der Waals surface area (Å²) in [5.41, 5.74) is 0.992. The van der Waals surface area contributed by atoms with E-state index in [9.17, 15) is 0 Å². The number of halogens is 1. The van der Waals surface area contributed by atoms with Crippen LogP contribution in [0.4, 0.5) is 0 Å². The summed E-state index contributed by atoms with van der Waals surface area (Å²) in [5, 5.41) is 7.26. The number of benzene rings is 1. The van der Waals surface area contributed by atoms with Crippen molar-refractivity contribution in [1.29, 1.82) is 0 Å². The summed E-state index contributed by atoms with van der Waals surface area (Å²) in [4.78, 5) is 0. The van der Waals surface area contributed by atoms with Gasteiger partial charge in [0.05, 0.1) is 18.1 Å². The van der Waals surface area contributed by atoms with Gasteiger partial charge in [-0.2, -0.15) is 5.10 Å². The molecular weight excluding hydrogens is 282 g/mol. The van der Waals surface area contributed by atoms with Crippen molar-refractivity contribution in [1.82, 2.24) is 15.1 Å². The van der Waals surface area contributed by atoms with Crippen molar-refractivity contribution in [3.05, 3.63) is 41.1 Å². The maximum atomic E-state index is 5.59. The molecule has 2 aromatic rings. The molecule has 0 aliphatic rings. The molecule has 1 aromatic heterocycles. The van der Waals surface area contributed by atoms with E-state index in [1.807, 2.05) is 44.4 Å². The molecular formula is C12H14BrN3O. The monoisotopic (exact) mass is 295 g/mol. The molecule has 0 bridgehead atoms. The minimum Gasteiger partial charge on any atom is -0.472 e. The van der Waals surface area contributed by atoms with Gasteiger partial charge in [0.1, 0.15) is 6.23 Å². The Morgan fingerprint density at radius 3 is 3.00 bits per heavy atom. The Kier molecular flexibility index (Phi) is 3.81. The van der Waals surface area contributed by atoms with Gasteiger partial charge in [0.15, 0.2) is 5.75 Å². The van der Waals surface area contributed by atoms with Gasteiger partial charge in [-0.05, 0) is 32.2 Å². The third-order valence-corrected chi connectivity index (χ3v) is 2.84. The summed E-state index contributed by atoms with van der Waals surface area (Å²) < 4.78 is 8.39. The van der Waals surface area contributed by atoms with Crippen LogP contribution in [-0.4, -0.2) is 23.1 Å². The van der Waals surface area contributed by atoms with E-state index in [4.69, 9.17) is 4.74 Å². The summed E-state index contributed by atoms with van der Waals surface area (Å²) in [7, 11) is 1.85. The lowest BCUT2D eigenvalue weighted by Gasteiger charge is -2.10. The number of aromatic nitrogens is 2. The molecule has 1 heterocycles. The molecule has 1 atom stereocenters. The summed E-state index contributed by atoms with van der Waals surface area (Å²) in [5.74, 6) is 0.742. The van der Waals surface area contributed by atoms with Crippen molar-refractivity contribution in [3.8, 4) is 11.4 Å². The molecule has 1 N–H and O–H groups in total. The van der Waals surface area contributed by atoms with Crippen LogP contribution in [0.15, 0.2) is 41.1 Å². The predicted octanol–water partition coefficient (Wildman–Crippen LogP) is 2.58. The predicted molar refractivity (Wildman–Crippen MR) is 70.4 cm³/mol. The summed E-state index contributed by atoms with van der Waals surface area (Å²) in [6.45, 7) is 1.94. The lowest BCUT2D eigenvalue weighted by atomic mass is 10.3. The maximum Gasteiger partial charge on any atom is 0.160 e. The maximum absolute atomic E-state index is 5.59. The lowest BCUT2D eigenvalue weighted by Crippen LogP contribution is -2.27. The largest absolute Gasteiger partial charge is 0.472 e. The van der Waals surface area contributed by atoms with E-state index in [1.165, 1.54) is 0 Å². The van der Waals surface area contributed by atoms with Crippen LogP contribution in [-0.2, 0) is 0 Å². The minimum absolute atomic E-state index is 0.0323. The molecule has 0 fully saturated rings. The number of hydrogen-bond donors (Lipinski definition) is 1. The van der Waals surface area contributed by atoms with Gasteiger partial charge in [-0.15, -0.1) is 0 Å². The Morgan fingerprint density at radius 2 is 2.29 bits per heavy atom. The third kappa shape index (κ3) is 3.08. The van der Waals surface area contributed by atoms with Crippen molar-refractivity contribution in [2.24, 2.45) is 0 Å². The molecule has 0 amide bonds. The lowest BCUT2D eigenvalue weighted by molar-refractivity contribution is 0.193. The zero-order chi connectivity index (χ0) is 12.3. The van der Waals surface area contributed by atoms with Gasteiger partial charge in [-0.3, -0.25) is 5.32 Å². The molecule has 0 saturated heterocycles. The first-order chi connectivity index (χ1) is 8.19. The molecule has 4 nitrogen and oxygen atoms in total. The molecule has 0 aliphatic carbocycles. The van der Waals surface area contributed by atoms with Crippen LogP contribution in [0.3, 0.4) is 0 Å². The third-order valence-electron chi connectivity index (χ3n) is 2.35. The number of ether oxygens (including phenoxy) is 1. The van der Waals surface area contributed by atoms with E-state index in [-0.39, 0.29) is 6.23 Å². The second-order valence-electron chi connectivity index (χ2n) is 3.65. The highest BCUT2D eigenvalue weighted by molar-refractivity contribution is 9.10. The Bertz CT molecular complexity index is 498. The first-order valence-electron chi connectivity index (χ1n) is 5.33. The molecule has 0 saturated carbocycles. The number of rotatable bonds is 4. The average molecular weight is 296 g/mol. The highest BCUT2D eigenvalue weighted by Gasteiger charge is 2.05. The fourth-order valence-corrected chi connectivity index (χ4v) is 1.78. The summed E-state index contributed by atoms with van der Waals surface area (Å²) in [6, 6.07) is 7.94. The molecule has 0 aliphatic heterocycles. The van der Waals surface area contributed by atoms with Gasteiger partial charge in [0, 0.05) is 4.47 Å². The van der Waals surface area contributed by atoms with Crippen LogP contribution in [0.2, 0.25) is 0 Å². The molecule has 17 heavy (non-hydrogen) atoms. The molecule has 1 unspecified atom stereocenters. The van der Waals surface area contributed by atoms with E-state index < -0.39 is 0 Å². The Balaban J connectivity index is 2.18. The second kappa shape index (κ2) is 5.33. The van der Waals surface area contributed by atoms with Crippen molar-refractivity contribution in [2.45, 2.75) is 13.2 Å². The standard InChI is InChI=1S/C12H14BrN3O/c1-9(14-2)17-12-7-15-16(8-12)11-5-3-4-10(13)6-11/h3-9,14H,1-2H3. The van der Waals surface area contributed by atoms with Crippen LogP contribution < -0.4 is 10.1 Å². The zero-order valence-electron chi connectivity index (χ0n) is 9.72. The van der Waals surface area contributed by atoms with Crippen molar-refractivity contribution in [3.63, 3.8) is 0 Å². The van der Waals surface area contributed by atoms with Crippen LogP contribution in [0.25, 0.3) is 5.69 Å². The second-order valence-corrected chi connectivity index (χ2v) is 4.56. The van der Waals surface area contributed by atoms with E-state index in [2.05, 4.69) is 26.3 Å². The molecule has 90 valence electrons. The van der Waals surface area contributed by atoms with Gasteiger partial charge < -0.3 is 4.74 Å². The van der Waals surface area contributed by atoms with Gasteiger partial charge in [-0.25, -0.2) is 4.68 Å². The van der Waals surface area contributed by atoms with Gasteiger partial charge in [0.2, 0.25) is 0 Å². The van der Waals surface area contributed by atoms with Gasteiger partial charge >= 0.3 is 0 Å². The van der Waals surface area contributed by atoms with E-state index >= 15 is 0 Å². The Morgan fingerprint density at radius 1 is 1.47 bits per heavy atom. The Hall–Kier alpha value is -1.33. The van der Waals surface area contributed by atoms with Crippen molar-refractivity contribution >= 4 is 15.9 Å². The van der Waals surface area contributed by atoms with Crippen LogP contribution in [0.5, 0.6) is 5.75 Å². The number of hydrogen-bond acceptors (Lipinski definition) is 3. The van der Waals surface area contributed by atoms with E-state index in [0.717, 1.165) is 15.9 Å². The average Bonchev–Trinajstić information content (AvgIpc) is 2.77. The number of nitrogens with one attached hydrogen (secondary N) is 1. The van der Waals surface area contributed by atoms with E-state index in [1.54, 1.807) is 10.9 Å². The summed E-state index contributed by atoms with van der Waals surface area (Å²) in [6.07, 6.45) is 3.53. The molecule has 1 aromatic carbocycles. The van der Waals surface area contributed by atoms with E-state index in [0.29, 0.717) is 0 Å². The quantitative estimate of drug-likeness (QED) is 0.881. The fraction of sp³-hybridized carbons (Fsp3) is 0.250. The SMILES string of the molecule is CNC(C)Oc1cnn(-c2cccc(Br)c2)c1. The molecule has 5 heteroatoms. The zero-order valence-corrected chi connectivity index (χ0v) is 11.3. The normalized spacial score (nSPS) is 12.4. The summed E-state index contributed by atoms with van der Waals surface area (Å²) >= 11 is 3.44. The molecule has 0 radical (unpaired) electrons. The fourth-order valence-electron chi connectivity index (χ4n) is 1.39. The first-order valence-corrected chi connectivity index (χ1v) is 6.13. The molecule has 2 rings (SSSR count). The minimum atomic E-state index is -0.0323. The van der Waals surface area contributed by atoms with Gasteiger partial charge in [-0.1, -0.05) is 22.0 Å². The van der Waals surface area contributed by atoms with Crippen LogP contribution in [0.1, 0.15) is 6.92 Å². The topological polar surface area (TPSA) is 39.1 Å². The van der Waals surface area contributed by atoms with Crippen molar-refractivity contribution < 1.29 is 4.74 Å². The van der Waals surface area contributed by atoms with Crippen molar-refractivity contribution in [2.75, 3.05) is 7.05 Å². The van der Waals surface area contributed by atoms with Crippen LogP contribution >= 0.6 is 15.9 Å². The first kappa shape index (κ1) is 12.1. The highest BCUT2D eigenvalue weighted by Crippen LogP contribution is 2.17. The van der Waals surface area contributed by atoms with Gasteiger partial charge in [0.25, 0.3) is 0 Å². The number of nitrogens with zero attached hydrogens (tertiary/aromatic N) is 2. The smallest absolute Gasteiger partial charge is 0.160 e. The molecule has 0 spiro atoms.